The molecule has 2 amide bonds. The van der Waals surface area contributed by atoms with Gasteiger partial charge in [-0.05, 0) is 32.2 Å². The van der Waals surface area contributed by atoms with E-state index in [0.29, 0.717) is 12.5 Å². The van der Waals surface area contributed by atoms with Crippen molar-refractivity contribution in [3.8, 4) is 0 Å². The minimum Gasteiger partial charge on any atom is -0.481 e. The van der Waals surface area contributed by atoms with E-state index >= 15 is 0 Å². The average Bonchev–Trinajstić information content (AvgIpc) is 2.93. The van der Waals surface area contributed by atoms with Gasteiger partial charge in [-0.1, -0.05) is 13.3 Å². The van der Waals surface area contributed by atoms with Crippen molar-refractivity contribution in [3.05, 3.63) is 0 Å². The Balaban J connectivity index is 1.80. The highest BCUT2D eigenvalue weighted by Crippen LogP contribution is 2.27. The summed E-state index contributed by atoms with van der Waals surface area (Å²) in [6.45, 7) is 4.19. The van der Waals surface area contributed by atoms with Gasteiger partial charge < -0.3 is 15.7 Å². The molecule has 0 bridgehead atoms. The van der Waals surface area contributed by atoms with Gasteiger partial charge in [-0.2, -0.15) is 0 Å². The normalized spacial score (nSPS) is 27.1. The molecule has 3 N–H and O–H groups in total. The van der Waals surface area contributed by atoms with Gasteiger partial charge in [0.15, 0.2) is 0 Å². The Bertz CT molecular complexity index is 362. The van der Waals surface area contributed by atoms with Crippen LogP contribution >= 0.6 is 0 Å². The third-order valence-electron chi connectivity index (χ3n) is 4.32. The molecule has 20 heavy (non-hydrogen) atoms. The van der Waals surface area contributed by atoms with Crippen LogP contribution in [0.25, 0.3) is 0 Å². The van der Waals surface area contributed by atoms with Gasteiger partial charge in [-0.15, -0.1) is 0 Å². The first-order chi connectivity index (χ1) is 9.60. The van der Waals surface area contributed by atoms with Gasteiger partial charge in [-0.25, -0.2) is 4.79 Å². The number of carbonyl (C=O) groups excluding carboxylic acids is 1. The lowest BCUT2D eigenvalue weighted by Crippen LogP contribution is -2.49. The summed E-state index contributed by atoms with van der Waals surface area (Å²) in [6, 6.07) is 0.191. The van der Waals surface area contributed by atoms with Crippen molar-refractivity contribution in [2.75, 3.05) is 13.1 Å². The first kappa shape index (κ1) is 15.1. The third kappa shape index (κ3) is 3.85. The third-order valence-corrected chi connectivity index (χ3v) is 4.32. The van der Waals surface area contributed by atoms with Crippen molar-refractivity contribution < 1.29 is 14.7 Å². The highest BCUT2D eigenvalue weighted by molar-refractivity contribution is 5.76. The van der Waals surface area contributed by atoms with E-state index in [2.05, 4.69) is 15.5 Å². The monoisotopic (exact) mass is 283 g/mol. The van der Waals surface area contributed by atoms with Gasteiger partial charge in [0.1, 0.15) is 0 Å². The SMILES string of the molecule is CCCC(CC(=O)O)NC(=O)NC1CCN2CCCC12. The fraction of sp³-hybridized carbons (Fsp3) is 0.857. The molecule has 6 nitrogen and oxygen atoms in total. The summed E-state index contributed by atoms with van der Waals surface area (Å²) >= 11 is 0. The van der Waals surface area contributed by atoms with Crippen molar-refractivity contribution in [1.82, 2.24) is 15.5 Å². The van der Waals surface area contributed by atoms with Crippen molar-refractivity contribution in [2.24, 2.45) is 0 Å². The number of carbonyl (C=O) groups is 2. The molecule has 0 spiro atoms. The molecule has 2 heterocycles. The topological polar surface area (TPSA) is 81.7 Å². The van der Waals surface area contributed by atoms with E-state index < -0.39 is 5.97 Å². The Morgan fingerprint density at radius 2 is 2.15 bits per heavy atom. The van der Waals surface area contributed by atoms with Crippen LogP contribution < -0.4 is 10.6 Å². The number of amides is 2. The Morgan fingerprint density at radius 3 is 2.85 bits per heavy atom. The first-order valence-corrected chi connectivity index (χ1v) is 7.63. The predicted molar refractivity (Wildman–Crippen MR) is 75.6 cm³/mol. The van der Waals surface area contributed by atoms with E-state index in [9.17, 15) is 9.59 Å². The molecule has 0 radical (unpaired) electrons. The van der Waals surface area contributed by atoms with Gasteiger partial charge in [0.2, 0.25) is 0 Å². The second kappa shape index (κ2) is 6.92. The van der Waals surface area contributed by atoms with Gasteiger partial charge in [0.25, 0.3) is 0 Å². The molecule has 0 aromatic heterocycles. The summed E-state index contributed by atoms with van der Waals surface area (Å²) in [4.78, 5) is 25.2. The molecular weight excluding hydrogens is 258 g/mol. The first-order valence-electron chi connectivity index (χ1n) is 7.63. The number of hydrogen-bond donors (Lipinski definition) is 3. The molecule has 2 aliphatic heterocycles. The van der Waals surface area contributed by atoms with Crippen LogP contribution in [0.1, 0.15) is 45.4 Å². The summed E-state index contributed by atoms with van der Waals surface area (Å²) in [5, 5.41) is 14.7. The lowest BCUT2D eigenvalue weighted by atomic mass is 10.1. The number of rotatable bonds is 6. The average molecular weight is 283 g/mol. The second-order valence-electron chi connectivity index (χ2n) is 5.84. The standard InChI is InChI=1S/C14H25N3O3/c1-2-4-10(9-13(18)19)15-14(20)16-11-6-8-17-7-3-5-12(11)17/h10-12H,2-9H2,1H3,(H,18,19)(H2,15,16,20). The predicted octanol–water partition coefficient (Wildman–Crippen LogP) is 1.17. The van der Waals surface area contributed by atoms with Crippen LogP contribution in [0, 0.1) is 0 Å². The van der Waals surface area contributed by atoms with Gasteiger partial charge >= 0.3 is 12.0 Å². The number of carboxylic acids is 1. The number of fused-ring (bicyclic) bond motifs is 1. The maximum absolute atomic E-state index is 12.0. The van der Waals surface area contributed by atoms with Gasteiger partial charge in [0, 0.05) is 24.7 Å². The molecule has 3 atom stereocenters. The highest BCUT2D eigenvalue weighted by atomic mass is 16.4. The fourth-order valence-corrected chi connectivity index (χ4v) is 3.43. The molecule has 2 aliphatic rings. The smallest absolute Gasteiger partial charge is 0.315 e. The lowest BCUT2D eigenvalue weighted by molar-refractivity contribution is -0.137. The second-order valence-corrected chi connectivity index (χ2v) is 5.84. The van der Waals surface area contributed by atoms with E-state index in [-0.39, 0.29) is 24.5 Å². The maximum atomic E-state index is 12.0. The summed E-state index contributed by atoms with van der Waals surface area (Å²) in [5.41, 5.74) is 0. The van der Waals surface area contributed by atoms with Crippen molar-refractivity contribution in [1.29, 1.82) is 0 Å². The number of aliphatic carboxylic acids is 1. The summed E-state index contributed by atoms with van der Waals surface area (Å²) < 4.78 is 0. The van der Waals surface area contributed by atoms with Crippen LogP contribution in [0.2, 0.25) is 0 Å². The zero-order chi connectivity index (χ0) is 14.5. The van der Waals surface area contributed by atoms with E-state index in [1.807, 2.05) is 6.92 Å². The van der Waals surface area contributed by atoms with Crippen molar-refractivity contribution >= 4 is 12.0 Å². The van der Waals surface area contributed by atoms with E-state index in [1.165, 1.54) is 6.42 Å². The molecule has 3 unspecified atom stereocenters. The molecule has 0 aliphatic carbocycles. The molecule has 0 aromatic rings. The van der Waals surface area contributed by atoms with E-state index in [1.54, 1.807) is 0 Å². The van der Waals surface area contributed by atoms with E-state index in [4.69, 9.17) is 5.11 Å². The van der Waals surface area contributed by atoms with Gasteiger partial charge in [-0.3, -0.25) is 9.69 Å². The number of nitrogens with one attached hydrogen (secondary N) is 2. The molecule has 0 aromatic carbocycles. The number of urea groups is 1. The minimum atomic E-state index is -0.869. The molecular formula is C14H25N3O3. The lowest BCUT2D eigenvalue weighted by Gasteiger charge is -2.23. The van der Waals surface area contributed by atoms with Crippen molar-refractivity contribution in [2.45, 2.75) is 63.6 Å². The van der Waals surface area contributed by atoms with E-state index in [0.717, 1.165) is 32.4 Å². The molecule has 2 rings (SSSR count). The van der Waals surface area contributed by atoms with Crippen LogP contribution in [0.4, 0.5) is 4.79 Å². The zero-order valence-electron chi connectivity index (χ0n) is 12.1. The van der Waals surface area contributed by atoms with Crippen LogP contribution in [0.15, 0.2) is 0 Å². The Hall–Kier alpha value is -1.30. The Kier molecular flexibility index (Phi) is 5.23. The summed E-state index contributed by atoms with van der Waals surface area (Å²) in [6.07, 6.45) is 4.90. The maximum Gasteiger partial charge on any atom is 0.315 e. The fourth-order valence-electron chi connectivity index (χ4n) is 3.43. The summed E-state index contributed by atoms with van der Waals surface area (Å²) in [7, 11) is 0. The number of hydrogen-bond acceptors (Lipinski definition) is 3. The molecule has 2 saturated heterocycles. The van der Waals surface area contributed by atoms with Gasteiger partial charge in [0.05, 0.1) is 6.42 Å². The summed E-state index contributed by atoms with van der Waals surface area (Å²) in [5.74, 6) is -0.869. The highest BCUT2D eigenvalue weighted by Gasteiger charge is 2.37. The van der Waals surface area contributed by atoms with Crippen LogP contribution in [-0.2, 0) is 4.79 Å². The Morgan fingerprint density at radius 1 is 1.35 bits per heavy atom. The molecule has 114 valence electrons. The molecule has 2 fully saturated rings. The number of nitrogens with zero attached hydrogens (tertiary/aromatic N) is 1. The largest absolute Gasteiger partial charge is 0.481 e. The number of carboxylic acid groups (broad SMARTS) is 1. The van der Waals surface area contributed by atoms with Crippen LogP contribution in [-0.4, -0.2) is 53.2 Å². The van der Waals surface area contributed by atoms with Crippen LogP contribution in [0.3, 0.4) is 0 Å². The zero-order valence-corrected chi connectivity index (χ0v) is 12.1. The quantitative estimate of drug-likeness (QED) is 0.683. The molecule has 0 saturated carbocycles. The molecule has 6 heteroatoms. The van der Waals surface area contributed by atoms with Crippen LogP contribution in [0.5, 0.6) is 0 Å². The Labute approximate surface area is 119 Å². The minimum absolute atomic E-state index is 0.0124. The van der Waals surface area contributed by atoms with Crippen molar-refractivity contribution in [3.63, 3.8) is 0 Å².